The molecule has 140 valence electrons. The van der Waals surface area contributed by atoms with E-state index < -0.39 is 0 Å². The molecule has 5 rings (SSSR count). The minimum absolute atomic E-state index is 0.139. The van der Waals surface area contributed by atoms with Crippen LogP contribution in [0.3, 0.4) is 0 Å². The van der Waals surface area contributed by atoms with Gasteiger partial charge in [-0.3, -0.25) is 4.68 Å². The normalized spacial score (nSPS) is 26.0. The number of ether oxygens (including phenoxy) is 1. The van der Waals surface area contributed by atoms with Gasteiger partial charge in [-0.1, -0.05) is 0 Å². The molecule has 2 aromatic heterocycles. The lowest BCUT2D eigenvalue weighted by molar-refractivity contribution is 0.244. The van der Waals surface area contributed by atoms with Crippen LogP contribution in [0.2, 0.25) is 0 Å². The van der Waals surface area contributed by atoms with Gasteiger partial charge >= 0.3 is 0 Å². The third-order valence-electron chi connectivity index (χ3n) is 5.68. The van der Waals surface area contributed by atoms with E-state index >= 15 is 0 Å². The molecule has 0 bridgehead atoms. The minimum Gasteiger partial charge on any atom is -0.507 e. The number of allylic oxidation sites excluding steroid dienone is 1. The second kappa shape index (κ2) is 6.20. The monoisotopic (exact) mass is 365 g/mol. The highest BCUT2D eigenvalue weighted by Crippen LogP contribution is 2.36. The number of aliphatic hydroxyl groups excluding tert-OH is 1. The van der Waals surface area contributed by atoms with Crippen molar-refractivity contribution in [3.05, 3.63) is 41.4 Å². The van der Waals surface area contributed by atoms with Crippen molar-refractivity contribution in [2.24, 2.45) is 4.99 Å². The van der Waals surface area contributed by atoms with E-state index in [9.17, 15) is 5.11 Å². The highest BCUT2D eigenvalue weighted by atomic mass is 16.5. The molecule has 7 nitrogen and oxygen atoms in total. The SMILES string of the molecule is CC1=NC2C(C)=C(O)C(c3ccc4nn(C5CCNCC5)cc4n3)=CC2O1. The second-order valence-electron chi connectivity index (χ2n) is 7.48. The maximum absolute atomic E-state index is 10.7. The van der Waals surface area contributed by atoms with Gasteiger partial charge in [0.2, 0.25) is 0 Å². The molecule has 0 amide bonds. The van der Waals surface area contributed by atoms with Crippen molar-refractivity contribution in [2.75, 3.05) is 13.1 Å². The van der Waals surface area contributed by atoms with Gasteiger partial charge in [0.15, 0.2) is 5.90 Å². The summed E-state index contributed by atoms with van der Waals surface area (Å²) in [5, 5.41) is 18.8. The van der Waals surface area contributed by atoms with Crippen LogP contribution in [0.1, 0.15) is 38.4 Å². The van der Waals surface area contributed by atoms with Crippen LogP contribution in [0.5, 0.6) is 0 Å². The zero-order valence-corrected chi connectivity index (χ0v) is 15.5. The van der Waals surface area contributed by atoms with E-state index in [0.717, 1.165) is 48.2 Å². The van der Waals surface area contributed by atoms with E-state index in [1.165, 1.54) is 0 Å². The lowest BCUT2D eigenvalue weighted by atomic mass is 9.90. The Morgan fingerprint density at radius 2 is 2.00 bits per heavy atom. The van der Waals surface area contributed by atoms with Gasteiger partial charge < -0.3 is 15.2 Å². The molecule has 2 N–H and O–H groups in total. The Labute approximate surface area is 157 Å². The molecule has 0 saturated carbocycles. The largest absolute Gasteiger partial charge is 0.507 e. The molecule has 3 aliphatic rings. The summed E-state index contributed by atoms with van der Waals surface area (Å²) < 4.78 is 7.83. The number of aliphatic imine (C=N–C) groups is 1. The molecule has 1 saturated heterocycles. The number of piperidine rings is 1. The van der Waals surface area contributed by atoms with Crippen molar-refractivity contribution in [1.29, 1.82) is 0 Å². The minimum atomic E-state index is -0.175. The average Bonchev–Trinajstić information content (AvgIpc) is 3.28. The van der Waals surface area contributed by atoms with Crippen molar-refractivity contribution < 1.29 is 9.84 Å². The topological polar surface area (TPSA) is 84.6 Å². The van der Waals surface area contributed by atoms with Gasteiger partial charge in [0.25, 0.3) is 0 Å². The summed E-state index contributed by atoms with van der Waals surface area (Å²) >= 11 is 0. The molecule has 1 fully saturated rings. The number of nitrogens with zero attached hydrogens (tertiary/aromatic N) is 4. The fourth-order valence-corrected chi connectivity index (χ4v) is 4.17. The molecule has 27 heavy (non-hydrogen) atoms. The van der Waals surface area contributed by atoms with Gasteiger partial charge in [-0.25, -0.2) is 9.98 Å². The smallest absolute Gasteiger partial charge is 0.181 e. The summed E-state index contributed by atoms with van der Waals surface area (Å²) in [5.74, 6) is 0.900. The molecule has 4 heterocycles. The number of pyridine rings is 1. The molecule has 7 heteroatoms. The first-order valence-corrected chi connectivity index (χ1v) is 9.50. The molecule has 0 radical (unpaired) electrons. The summed E-state index contributed by atoms with van der Waals surface area (Å²) in [7, 11) is 0. The molecule has 0 spiro atoms. The van der Waals surface area contributed by atoms with E-state index in [2.05, 4.69) is 10.3 Å². The van der Waals surface area contributed by atoms with Gasteiger partial charge in [-0.15, -0.1) is 0 Å². The Morgan fingerprint density at radius 1 is 1.19 bits per heavy atom. The Balaban J connectivity index is 1.51. The summed E-state index contributed by atoms with van der Waals surface area (Å²) in [5.41, 5.74) is 3.98. The van der Waals surface area contributed by atoms with E-state index in [-0.39, 0.29) is 17.9 Å². The van der Waals surface area contributed by atoms with Crippen LogP contribution in [0.15, 0.2) is 40.7 Å². The maximum atomic E-state index is 10.7. The zero-order valence-electron chi connectivity index (χ0n) is 15.5. The highest BCUT2D eigenvalue weighted by Gasteiger charge is 2.36. The number of fused-ring (bicyclic) bond motifs is 2. The predicted molar refractivity (Wildman–Crippen MR) is 104 cm³/mol. The first-order chi connectivity index (χ1) is 13.1. The predicted octanol–water partition coefficient (Wildman–Crippen LogP) is 2.77. The third-order valence-corrected chi connectivity index (χ3v) is 5.68. The lowest BCUT2D eigenvalue weighted by Crippen LogP contribution is -2.29. The van der Waals surface area contributed by atoms with Crippen molar-refractivity contribution in [1.82, 2.24) is 20.1 Å². The number of aliphatic hydroxyl groups is 1. The molecule has 2 atom stereocenters. The summed E-state index contributed by atoms with van der Waals surface area (Å²) in [6, 6.07) is 4.17. The fourth-order valence-electron chi connectivity index (χ4n) is 4.17. The standard InChI is InChI=1S/C20H23N5O2/c1-11-19-18(27-12(2)22-19)9-14(20(11)26)15-3-4-16-17(23-15)10-25(24-16)13-5-7-21-8-6-13/h3-4,9-10,13,18-19,21,26H,5-8H2,1-2H3. The molecule has 2 unspecified atom stereocenters. The summed E-state index contributed by atoms with van der Waals surface area (Å²) in [4.78, 5) is 9.25. The Kier molecular flexibility index (Phi) is 3.79. The van der Waals surface area contributed by atoms with Crippen molar-refractivity contribution in [3.8, 4) is 0 Å². The molecule has 0 aromatic carbocycles. The van der Waals surface area contributed by atoms with Crippen LogP contribution in [-0.2, 0) is 4.74 Å². The lowest BCUT2D eigenvalue weighted by Gasteiger charge is -2.23. The van der Waals surface area contributed by atoms with Crippen molar-refractivity contribution >= 4 is 22.5 Å². The molecule has 2 aromatic rings. The molecular formula is C20H23N5O2. The Morgan fingerprint density at radius 3 is 2.81 bits per heavy atom. The van der Waals surface area contributed by atoms with Crippen LogP contribution in [0, 0.1) is 0 Å². The van der Waals surface area contributed by atoms with Crippen LogP contribution in [-0.4, -0.2) is 51.0 Å². The fraction of sp³-hybridized carbons (Fsp3) is 0.450. The highest BCUT2D eigenvalue weighted by molar-refractivity contribution is 5.84. The van der Waals surface area contributed by atoms with Crippen molar-refractivity contribution in [2.45, 2.75) is 44.9 Å². The number of aromatic nitrogens is 3. The average molecular weight is 365 g/mol. The van der Waals surface area contributed by atoms with Crippen LogP contribution >= 0.6 is 0 Å². The van der Waals surface area contributed by atoms with Crippen LogP contribution < -0.4 is 5.32 Å². The van der Waals surface area contributed by atoms with E-state index in [1.807, 2.05) is 42.9 Å². The van der Waals surface area contributed by atoms with E-state index in [4.69, 9.17) is 14.8 Å². The number of nitrogens with one attached hydrogen (secondary N) is 1. The molecule has 1 aliphatic carbocycles. The van der Waals surface area contributed by atoms with Gasteiger partial charge in [-0.05, 0) is 56.6 Å². The first-order valence-electron chi connectivity index (χ1n) is 9.50. The van der Waals surface area contributed by atoms with Crippen molar-refractivity contribution in [3.63, 3.8) is 0 Å². The third kappa shape index (κ3) is 2.73. The summed E-state index contributed by atoms with van der Waals surface area (Å²) in [6.45, 7) is 5.79. The number of hydrogen-bond donors (Lipinski definition) is 2. The quantitative estimate of drug-likeness (QED) is 0.855. The van der Waals surface area contributed by atoms with E-state index in [1.54, 1.807) is 0 Å². The molecule has 2 aliphatic heterocycles. The van der Waals surface area contributed by atoms with Gasteiger partial charge in [0.1, 0.15) is 28.9 Å². The van der Waals surface area contributed by atoms with Crippen LogP contribution in [0.4, 0.5) is 0 Å². The number of hydrogen-bond acceptors (Lipinski definition) is 6. The van der Waals surface area contributed by atoms with Crippen LogP contribution in [0.25, 0.3) is 16.6 Å². The summed E-state index contributed by atoms with van der Waals surface area (Å²) in [6.07, 6.45) is 5.93. The Hall–Kier alpha value is -2.67. The van der Waals surface area contributed by atoms with Gasteiger partial charge in [-0.2, -0.15) is 5.10 Å². The zero-order chi connectivity index (χ0) is 18.5. The molecular weight excluding hydrogens is 342 g/mol. The number of rotatable bonds is 2. The van der Waals surface area contributed by atoms with Gasteiger partial charge in [0, 0.05) is 12.5 Å². The second-order valence-corrected chi connectivity index (χ2v) is 7.48. The maximum Gasteiger partial charge on any atom is 0.181 e. The Bertz CT molecular complexity index is 997. The van der Waals surface area contributed by atoms with Gasteiger partial charge in [0.05, 0.1) is 17.9 Å². The first kappa shape index (κ1) is 16.5. The van der Waals surface area contributed by atoms with E-state index in [0.29, 0.717) is 17.5 Å².